The lowest BCUT2D eigenvalue weighted by atomic mass is 9.76. The number of ketones is 2. The first-order chi connectivity index (χ1) is 17.5. The van der Waals surface area contributed by atoms with Gasteiger partial charge in [-0.2, -0.15) is 4.98 Å². The van der Waals surface area contributed by atoms with Crippen LogP contribution in [0.5, 0.6) is 5.75 Å². The van der Waals surface area contributed by atoms with Crippen LogP contribution in [-0.4, -0.2) is 40.8 Å². The molecule has 2 unspecified atom stereocenters. The molecule has 0 radical (unpaired) electrons. The summed E-state index contributed by atoms with van der Waals surface area (Å²) in [5.41, 5.74) is 2.14. The van der Waals surface area contributed by atoms with Crippen LogP contribution in [0.2, 0.25) is 0 Å². The first-order valence-electron chi connectivity index (χ1n) is 12.4. The van der Waals surface area contributed by atoms with Gasteiger partial charge in [0.15, 0.2) is 0 Å². The van der Waals surface area contributed by atoms with Gasteiger partial charge in [-0.3, -0.25) is 14.4 Å². The van der Waals surface area contributed by atoms with E-state index in [0.29, 0.717) is 23.2 Å². The second kappa shape index (κ2) is 10.0. The molecule has 8 heteroatoms. The van der Waals surface area contributed by atoms with Crippen molar-refractivity contribution in [1.29, 1.82) is 0 Å². The fourth-order valence-corrected chi connectivity index (χ4v) is 5.52. The topological polar surface area (TPSA) is 103 Å². The molecule has 1 saturated heterocycles. The van der Waals surface area contributed by atoms with Gasteiger partial charge >= 0.3 is 0 Å². The number of benzene rings is 2. The zero-order chi connectivity index (χ0) is 25.2. The SMILES string of the molecule is COc1ccc(CC(=O)C2C(=O)C(=O)N(c3ccc(-c4noc(C)n4)cc3)C2C2CCCCC2)cc1. The van der Waals surface area contributed by atoms with Gasteiger partial charge in [0.2, 0.25) is 17.5 Å². The van der Waals surface area contributed by atoms with E-state index in [9.17, 15) is 14.4 Å². The van der Waals surface area contributed by atoms with E-state index in [4.69, 9.17) is 9.26 Å². The quantitative estimate of drug-likeness (QED) is 0.361. The summed E-state index contributed by atoms with van der Waals surface area (Å²) in [5.74, 6) is -0.687. The van der Waals surface area contributed by atoms with Crippen molar-refractivity contribution in [2.75, 3.05) is 12.0 Å². The summed E-state index contributed by atoms with van der Waals surface area (Å²) in [5, 5.41) is 3.94. The largest absolute Gasteiger partial charge is 0.497 e. The van der Waals surface area contributed by atoms with Gasteiger partial charge in [0.1, 0.15) is 17.5 Å². The van der Waals surface area contributed by atoms with Crippen LogP contribution in [0.3, 0.4) is 0 Å². The van der Waals surface area contributed by atoms with Crippen molar-refractivity contribution in [3.05, 3.63) is 60.0 Å². The summed E-state index contributed by atoms with van der Waals surface area (Å²) in [6.07, 6.45) is 5.09. The molecule has 5 rings (SSSR count). The molecule has 0 bridgehead atoms. The average molecular weight is 488 g/mol. The van der Waals surface area contributed by atoms with Gasteiger partial charge < -0.3 is 14.2 Å². The molecule has 1 saturated carbocycles. The molecule has 2 aromatic carbocycles. The summed E-state index contributed by atoms with van der Waals surface area (Å²) in [7, 11) is 1.59. The third kappa shape index (κ3) is 4.55. The highest BCUT2D eigenvalue weighted by Crippen LogP contribution is 2.40. The van der Waals surface area contributed by atoms with Crippen LogP contribution in [0, 0.1) is 18.8 Å². The van der Waals surface area contributed by atoms with E-state index in [1.54, 1.807) is 43.2 Å². The molecule has 2 aliphatic rings. The Kier molecular flexibility index (Phi) is 6.67. The normalized spacial score (nSPS) is 20.7. The minimum absolute atomic E-state index is 0.0958. The Morgan fingerprint density at radius 1 is 1.03 bits per heavy atom. The number of hydrogen-bond donors (Lipinski definition) is 0. The number of aryl methyl sites for hydroxylation is 1. The number of rotatable bonds is 7. The van der Waals surface area contributed by atoms with Crippen molar-refractivity contribution in [1.82, 2.24) is 10.1 Å². The van der Waals surface area contributed by atoms with Crippen LogP contribution in [0.25, 0.3) is 11.4 Å². The molecule has 0 spiro atoms. The lowest BCUT2D eigenvalue weighted by Gasteiger charge is -2.35. The van der Waals surface area contributed by atoms with Gasteiger partial charge in [0.25, 0.3) is 5.91 Å². The highest BCUT2D eigenvalue weighted by atomic mass is 16.5. The third-order valence-corrected chi connectivity index (χ3v) is 7.30. The van der Waals surface area contributed by atoms with Crippen LogP contribution >= 0.6 is 0 Å². The standard InChI is InChI=1S/C28H29N3O5/c1-17-29-27(30-36-17)20-10-12-21(13-11-20)31-25(19-6-4-3-5-7-19)24(26(33)28(31)34)23(32)16-18-8-14-22(35-2)15-9-18/h8-15,19,24-25H,3-7,16H2,1-2H3. The van der Waals surface area contributed by atoms with E-state index in [1.165, 1.54) is 0 Å². The number of ether oxygens (including phenoxy) is 1. The van der Waals surface area contributed by atoms with Crippen molar-refractivity contribution in [3.8, 4) is 17.1 Å². The van der Waals surface area contributed by atoms with Crippen LogP contribution in [-0.2, 0) is 20.8 Å². The molecular weight excluding hydrogens is 458 g/mol. The number of Topliss-reactive ketones (excluding diaryl/α,β-unsaturated/α-hetero) is 2. The van der Waals surface area contributed by atoms with Gasteiger partial charge in [-0.05, 0) is 60.7 Å². The first kappa shape index (κ1) is 23.9. The molecule has 3 aromatic rings. The Hall–Kier alpha value is -3.81. The Labute approximate surface area is 209 Å². The minimum atomic E-state index is -0.970. The summed E-state index contributed by atoms with van der Waals surface area (Å²) < 4.78 is 10.3. The second-order valence-electron chi connectivity index (χ2n) is 9.58. The number of amides is 1. The Bertz CT molecular complexity index is 1260. The van der Waals surface area contributed by atoms with Crippen molar-refractivity contribution >= 4 is 23.2 Å². The monoisotopic (exact) mass is 487 g/mol. The predicted octanol–water partition coefficient (Wildman–Crippen LogP) is 4.35. The molecule has 2 fully saturated rings. The van der Waals surface area contributed by atoms with Gasteiger partial charge in [-0.15, -0.1) is 0 Å². The van der Waals surface area contributed by atoms with Gasteiger partial charge in [-0.1, -0.05) is 36.6 Å². The number of carbonyl (C=O) groups excluding carboxylic acids is 3. The molecule has 2 heterocycles. The average Bonchev–Trinajstić information content (AvgIpc) is 3.46. The number of hydrogen-bond acceptors (Lipinski definition) is 7. The van der Waals surface area contributed by atoms with Crippen LogP contribution < -0.4 is 9.64 Å². The maximum atomic E-state index is 13.5. The minimum Gasteiger partial charge on any atom is -0.497 e. The van der Waals surface area contributed by atoms with E-state index >= 15 is 0 Å². The molecule has 36 heavy (non-hydrogen) atoms. The maximum Gasteiger partial charge on any atom is 0.295 e. The maximum absolute atomic E-state index is 13.5. The van der Waals surface area contributed by atoms with E-state index < -0.39 is 23.7 Å². The second-order valence-corrected chi connectivity index (χ2v) is 9.58. The summed E-state index contributed by atoms with van der Waals surface area (Å²) in [4.78, 5) is 46.0. The highest BCUT2D eigenvalue weighted by Gasteiger charge is 2.53. The van der Waals surface area contributed by atoms with Crippen LogP contribution in [0.1, 0.15) is 43.6 Å². The smallest absolute Gasteiger partial charge is 0.295 e. The molecule has 2 atom stereocenters. The molecule has 1 aliphatic carbocycles. The Morgan fingerprint density at radius 3 is 2.33 bits per heavy atom. The Morgan fingerprint density at radius 2 is 1.72 bits per heavy atom. The van der Waals surface area contributed by atoms with Crippen LogP contribution in [0.15, 0.2) is 53.1 Å². The van der Waals surface area contributed by atoms with E-state index in [2.05, 4.69) is 10.1 Å². The fourth-order valence-electron chi connectivity index (χ4n) is 5.52. The van der Waals surface area contributed by atoms with Crippen molar-refractivity contribution in [2.45, 2.75) is 51.5 Å². The molecule has 1 amide bonds. The molecule has 0 N–H and O–H groups in total. The van der Waals surface area contributed by atoms with Crippen molar-refractivity contribution in [2.24, 2.45) is 11.8 Å². The van der Waals surface area contributed by atoms with Crippen molar-refractivity contribution < 1.29 is 23.6 Å². The predicted molar refractivity (Wildman–Crippen MR) is 133 cm³/mol. The molecule has 8 nitrogen and oxygen atoms in total. The van der Waals surface area contributed by atoms with Gasteiger partial charge in [-0.25, -0.2) is 0 Å². The van der Waals surface area contributed by atoms with E-state index in [1.807, 2.05) is 24.3 Å². The number of methoxy groups -OCH3 is 1. The number of nitrogens with zero attached hydrogens (tertiary/aromatic N) is 3. The van der Waals surface area contributed by atoms with E-state index in [-0.39, 0.29) is 18.1 Å². The number of carbonyl (C=O) groups is 3. The number of aromatic nitrogens is 2. The number of anilines is 1. The molecule has 186 valence electrons. The zero-order valence-electron chi connectivity index (χ0n) is 20.5. The third-order valence-electron chi connectivity index (χ3n) is 7.30. The fraction of sp³-hybridized carbons (Fsp3) is 0.393. The van der Waals surface area contributed by atoms with Crippen molar-refractivity contribution in [3.63, 3.8) is 0 Å². The van der Waals surface area contributed by atoms with Gasteiger partial charge in [0.05, 0.1) is 13.2 Å². The summed E-state index contributed by atoms with van der Waals surface area (Å²) in [6.45, 7) is 1.72. The lowest BCUT2D eigenvalue weighted by Crippen LogP contribution is -2.44. The summed E-state index contributed by atoms with van der Waals surface area (Å²) >= 11 is 0. The molecule has 1 aromatic heterocycles. The zero-order valence-corrected chi connectivity index (χ0v) is 20.5. The van der Waals surface area contributed by atoms with E-state index in [0.717, 1.165) is 43.2 Å². The Balaban J connectivity index is 1.45. The molecule has 1 aliphatic heterocycles. The first-order valence-corrected chi connectivity index (χ1v) is 12.4. The van der Waals surface area contributed by atoms with Gasteiger partial charge in [0, 0.05) is 24.6 Å². The summed E-state index contributed by atoms with van der Waals surface area (Å²) in [6, 6.07) is 14.0. The lowest BCUT2D eigenvalue weighted by molar-refractivity contribution is -0.139. The highest BCUT2D eigenvalue weighted by molar-refractivity contribution is 6.48. The van der Waals surface area contributed by atoms with Crippen LogP contribution in [0.4, 0.5) is 5.69 Å². The molecular formula is C28H29N3O5.